The van der Waals surface area contributed by atoms with Crippen LogP contribution in [0.2, 0.25) is 0 Å². The average Bonchev–Trinajstić information content (AvgIpc) is 2.50. The fourth-order valence-electron chi connectivity index (χ4n) is 3.14. The Balaban J connectivity index is 2.42. The second-order valence-electron chi connectivity index (χ2n) is 6.67. The fraction of sp³-hybridized carbons (Fsp3) is 0.211. The Morgan fingerprint density at radius 2 is 1.43 bits per heavy atom. The highest BCUT2D eigenvalue weighted by molar-refractivity contribution is 6.29. The first kappa shape index (κ1) is 15.2. The van der Waals surface area contributed by atoms with Gasteiger partial charge in [-0.15, -0.1) is 0 Å². The van der Waals surface area contributed by atoms with Gasteiger partial charge in [-0.05, 0) is 23.1 Å². The summed E-state index contributed by atoms with van der Waals surface area (Å²) >= 11 is 0. The van der Waals surface area contributed by atoms with Crippen molar-refractivity contribution in [2.75, 3.05) is 0 Å². The molecule has 3 rings (SSSR count). The molecule has 0 unspecified atom stereocenters. The number of rotatable bonds is 1. The maximum absolute atomic E-state index is 13.0. The van der Waals surface area contributed by atoms with E-state index < -0.39 is 11.4 Å². The van der Waals surface area contributed by atoms with Gasteiger partial charge in [0.1, 0.15) is 0 Å². The van der Waals surface area contributed by atoms with E-state index in [1.165, 1.54) is 12.1 Å². The molecule has 1 N–H and O–H groups in total. The van der Waals surface area contributed by atoms with Gasteiger partial charge in [-0.25, -0.2) is 4.79 Å². The third kappa shape index (κ3) is 2.18. The number of benzene rings is 2. The standard InChI is InChI=1S/C19H16O4/c1-19(2,3)15-13(18(22)23)9-8-12-14(15)17(21)11-7-5-4-6-10(11)16(12)20/h4-9H,1-3H3,(H,22,23). The van der Waals surface area contributed by atoms with Crippen molar-refractivity contribution in [3.05, 3.63) is 69.8 Å². The number of fused-ring (bicyclic) bond motifs is 2. The van der Waals surface area contributed by atoms with Crippen molar-refractivity contribution in [1.29, 1.82) is 0 Å². The van der Waals surface area contributed by atoms with Gasteiger partial charge >= 0.3 is 5.97 Å². The molecule has 0 heterocycles. The third-order valence-electron chi connectivity index (χ3n) is 4.07. The molecule has 1 aliphatic rings. The molecule has 2 aromatic carbocycles. The molecule has 0 bridgehead atoms. The van der Waals surface area contributed by atoms with E-state index in [4.69, 9.17) is 0 Å². The zero-order valence-corrected chi connectivity index (χ0v) is 13.1. The molecule has 0 aromatic heterocycles. The van der Waals surface area contributed by atoms with E-state index in [-0.39, 0.29) is 28.3 Å². The zero-order chi connectivity index (χ0) is 16.9. The van der Waals surface area contributed by atoms with E-state index in [0.717, 1.165) is 0 Å². The lowest BCUT2D eigenvalue weighted by Gasteiger charge is -2.28. The first-order valence-electron chi connectivity index (χ1n) is 7.32. The van der Waals surface area contributed by atoms with Gasteiger partial charge in [-0.2, -0.15) is 0 Å². The van der Waals surface area contributed by atoms with Gasteiger partial charge in [0, 0.05) is 22.3 Å². The molecule has 0 saturated carbocycles. The number of aromatic carboxylic acids is 1. The van der Waals surface area contributed by atoms with Crippen LogP contribution in [0.25, 0.3) is 0 Å². The molecule has 4 nitrogen and oxygen atoms in total. The summed E-state index contributed by atoms with van der Waals surface area (Å²) in [5.74, 6) is -1.63. The van der Waals surface area contributed by atoms with Crippen molar-refractivity contribution in [3.63, 3.8) is 0 Å². The molecule has 1 aliphatic carbocycles. The number of ketones is 2. The highest BCUT2D eigenvalue weighted by Gasteiger charge is 2.36. The molecule has 0 amide bonds. The summed E-state index contributed by atoms with van der Waals surface area (Å²) in [5.41, 5.74) is 1.10. The Hall–Kier alpha value is -2.75. The summed E-state index contributed by atoms with van der Waals surface area (Å²) in [6, 6.07) is 9.52. The highest BCUT2D eigenvalue weighted by atomic mass is 16.4. The third-order valence-corrected chi connectivity index (χ3v) is 4.07. The normalized spacial score (nSPS) is 13.5. The van der Waals surface area contributed by atoms with Crippen LogP contribution in [0, 0.1) is 0 Å². The predicted octanol–water partition coefficient (Wildman–Crippen LogP) is 3.46. The quantitative estimate of drug-likeness (QED) is 0.747. The lowest BCUT2D eigenvalue weighted by Crippen LogP contribution is -2.28. The van der Waals surface area contributed by atoms with E-state index in [0.29, 0.717) is 16.7 Å². The number of hydrogen-bond acceptors (Lipinski definition) is 3. The van der Waals surface area contributed by atoms with Crippen LogP contribution in [-0.4, -0.2) is 22.6 Å². The Morgan fingerprint density at radius 3 is 1.96 bits per heavy atom. The first-order valence-corrected chi connectivity index (χ1v) is 7.32. The van der Waals surface area contributed by atoms with Crippen LogP contribution >= 0.6 is 0 Å². The molecule has 0 spiro atoms. The number of carbonyl (C=O) groups excluding carboxylic acids is 2. The summed E-state index contributed by atoms with van der Waals surface area (Å²) in [5, 5.41) is 9.48. The van der Waals surface area contributed by atoms with Gasteiger partial charge in [-0.1, -0.05) is 45.0 Å². The lowest BCUT2D eigenvalue weighted by atomic mass is 9.73. The van der Waals surface area contributed by atoms with Crippen LogP contribution in [0.15, 0.2) is 36.4 Å². The van der Waals surface area contributed by atoms with E-state index in [2.05, 4.69) is 0 Å². The highest BCUT2D eigenvalue weighted by Crippen LogP contribution is 2.37. The SMILES string of the molecule is CC(C)(C)c1c(C(=O)O)ccc2c1C(=O)c1ccccc1C2=O. The van der Waals surface area contributed by atoms with E-state index in [1.54, 1.807) is 24.3 Å². The van der Waals surface area contributed by atoms with Gasteiger partial charge in [0.15, 0.2) is 11.6 Å². The molecule has 2 aromatic rings. The summed E-state index contributed by atoms with van der Waals surface area (Å²) in [7, 11) is 0. The lowest BCUT2D eigenvalue weighted by molar-refractivity contribution is 0.0693. The van der Waals surface area contributed by atoms with Gasteiger partial charge < -0.3 is 5.11 Å². The van der Waals surface area contributed by atoms with E-state index >= 15 is 0 Å². The van der Waals surface area contributed by atoms with Gasteiger partial charge in [0.2, 0.25) is 0 Å². The number of carboxylic acid groups (broad SMARTS) is 1. The van der Waals surface area contributed by atoms with Crippen LogP contribution in [0.1, 0.15) is 68.5 Å². The number of carboxylic acids is 1. The van der Waals surface area contributed by atoms with Crippen molar-refractivity contribution >= 4 is 17.5 Å². The maximum Gasteiger partial charge on any atom is 0.336 e. The molecule has 23 heavy (non-hydrogen) atoms. The van der Waals surface area contributed by atoms with Gasteiger partial charge in [0.05, 0.1) is 5.56 Å². The minimum atomic E-state index is -1.10. The minimum absolute atomic E-state index is 0.0665. The molecule has 0 fully saturated rings. The second kappa shape index (κ2) is 4.88. The summed E-state index contributed by atoms with van der Waals surface area (Å²) in [4.78, 5) is 37.3. The smallest absolute Gasteiger partial charge is 0.336 e. The Labute approximate surface area is 133 Å². The summed E-state index contributed by atoms with van der Waals surface area (Å²) < 4.78 is 0. The summed E-state index contributed by atoms with van der Waals surface area (Å²) in [6.07, 6.45) is 0. The molecule has 0 radical (unpaired) electrons. The summed E-state index contributed by atoms with van der Waals surface area (Å²) in [6.45, 7) is 5.52. The van der Waals surface area contributed by atoms with Crippen molar-refractivity contribution in [2.24, 2.45) is 0 Å². The van der Waals surface area contributed by atoms with Crippen LogP contribution < -0.4 is 0 Å². The Bertz CT molecular complexity index is 869. The maximum atomic E-state index is 13.0. The van der Waals surface area contributed by atoms with Gasteiger partial charge in [0.25, 0.3) is 0 Å². The average molecular weight is 308 g/mol. The van der Waals surface area contributed by atoms with Crippen molar-refractivity contribution in [2.45, 2.75) is 26.2 Å². The van der Waals surface area contributed by atoms with Crippen molar-refractivity contribution < 1.29 is 19.5 Å². The van der Waals surface area contributed by atoms with Crippen LogP contribution in [0.4, 0.5) is 0 Å². The zero-order valence-electron chi connectivity index (χ0n) is 13.1. The van der Waals surface area contributed by atoms with Gasteiger partial charge in [-0.3, -0.25) is 9.59 Å². The van der Waals surface area contributed by atoms with Crippen LogP contribution in [0.3, 0.4) is 0 Å². The molecular weight excluding hydrogens is 292 g/mol. The topological polar surface area (TPSA) is 71.4 Å². The molecule has 0 saturated heterocycles. The largest absolute Gasteiger partial charge is 0.478 e. The first-order chi connectivity index (χ1) is 10.7. The Morgan fingerprint density at radius 1 is 0.870 bits per heavy atom. The second-order valence-corrected chi connectivity index (χ2v) is 6.67. The molecule has 0 atom stereocenters. The molecule has 4 heteroatoms. The van der Waals surface area contributed by atoms with Crippen molar-refractivity contribution in [3.8, 4) is 0 Å². The van der Waals surface area contributed by atoms with E-state index in [1.807, 2.05) is 20.8 Å². The van der Waals surface area contributed by atoms with Crippen LogP contribution in [-0.2, 0) is 5.41 Å². The van der Waals surface area contributed by atoms with Crippen molar-refractivity contribution in [1.82, 2.24) is 0 Å². The van der Waals surface area contributed by atoms with E-state index in [9.17, 15) is 19.5 Å². The predicted molar refractivity (Wildman–Crippen MR) is 85.4 cm³/mol. The van der Waals surface area contributed by atoms with Crippen LogP contribution in [0.5, 0.6) is 0 Å². The number of hydrogen-bond donors (Lipinski definition) is 1. The Kier molecular flexibility index (Phi) is 3.22. The molecular formula is C19H16O4. The number of carbonyl (C=O) groups is 3. The fourth-order valence-corrected chi connectivity index (χ4v) is 3.14. The molecule has 116 valence electrons. The molecule has 0 aliphatic heterocycles. The minimum Gasteiger partial charge on any atom is -0.478 e. The monoisotopic (exact) mass is 308 g/mol.